The Labute approximate surface area is 123 Å². The van der Waals surface area contributed by atoms with E-state index in [9.17, 15) is 4.79 Å². The molecule has 0 fully saturated rings. The van der Waals surface area contributed by atoms with Crippen molar-refractivity contribution in [1.82, 2.24) is 4.98 Å². The smallest absolute Gasteiger partial charge is 0.224 e. The van der Waals surface area contributed by atoms with E-state index in [1.165, 1.54) is 7.11 Å². The van der Waals surface area contributed by atoms with E-state index in [-0.39, 0.29) is 11.7 Å². The summed E-state index contributed by atoms with van der Waals surface area (Å²) in [5.41, 5.74) is 1.66. The molecule has 1 unspecified atom stereocenters. The van der Waals surface area contributed by atoms with E-state index < -0.39 is 0 Å². The van der Waals surface area contributed by atoms with Gasteiger partial charge in [-0.2, -0.15) is 0 Å². The second-order valence-electron chi connectivity index (χ2n) is 5.06. The van der Waals surface area contributed by atoms with Crippen molar-refractivity contribution in [2.45, 2.75) is 18.8 Å². The van der Waals surface area contributed by atoms with Crippen LogP contribution in [0.5, 0.6) is 11.6 Å². The topological polar surface area (TPSA) is 48.4 Å². The van der Waals surface area contributed by atoms with E-state index in [2.05, 4.69) is 4.98 Å². The largest absolute Gasteiger partial charge is 0.493 e. The number of hydrogen-bond donors (Lipinski definition) is 0. The van der Waals surface area contributed by atoms with Crippen LogP contribution in [0.2, 0.25) is 0 Å². The molecule has 1 aliphatic heterocycles. The number of para-hydroxylation sites is 1. The maximum absolute atomic E-state index is 12.5. The molecule has 0 spiro atoms. The van der Waals surface area contributed by atoms with Gasteiger partial charge in [-0.05, 0) is 36.1 Å². The molecular weight excluding hydrogens is 266 g/mol. The summed E-state index contributed by atoms with van der Waals surface area (Å²) in [5, 5.41) is 0. The lowest BCUT2D eigenvalue weighted by Gasteiger charge is -2.25. The summed E-state index contributed by atoms with van der Waals surface area (Å²) in [4.78, 5) is 16.6. The van der Waals surface area contributed by atoms with Gasteiger partial charge >= 0.3 is 0 Å². The van der Waals surface area contributed by atoms with E-state index in [1.54, 1.807) is 18.3 Å². The Morgan fingerprint density at radius 3 is 3.05 bits per heavy atom. The van der Waals surface area contributed by atoms with Gasteiger partial charge in [0.2, 0.25) is 5.88 Å². The third-order valence-electron chi connectivity index (χ3n) is 3.78. The van der Waals surface area contributed by atoms with Crippen LogP contribution in [0.3, 0.4) is 0 Å². The number of ether oxygens (including phenoxy) is 2. The SMILES string of the molecule is COc1ncccc1C(=O)CC1CCOc2ccccc21. The molecule has 1 aliphatic rings. The van der Waals surface area contributed by atoms with Gasteiger partial charge in [-0.15, -0.1) is 0 Å². The molecule has 0 N–H and O–H groups in total. The number of Topliss-reactive ketones (excluding diaryl/α,β-unsaturated/α-hetero) is 1. The first-order valence-corrected chi connectivity index (χ1v) is 7.03. The van der Waals surface area contributed by atoms with Crippen molar-refractivity contribution >= 4 is 5.78 Å². The molecule has 1 atom stereocenters. The Hall–Kier alpha value is -2.36. The minimum atomic E-state index is 0.0571. The number of nitrogens with zero attached hydrogens (tertiary/aromatic N) is 1. The standard InChI is InChI=1S/C17H17NO3/c1-20-17-14(6-4-9-18-17)15(19)11-12-8-10-21-16-7-3-2-5-13(12)16/h2-7,9,12H,8,10-11H2,1H3. The van der Waals surface area contributed by atoms with E-state index in [1.807, 2.05) is 24.3 Å². The molecule has 21 heavy (non-hydrogen) atoms. The summed E-state index contributed by atoms with van der Waals surface area (Å²) in [7, 11) is 1.53. The lowest BCUT2D eigenvalue weighted by molar-refractivity contribution is 0.0962. The summed E-state index contributed by atoms with van der Waals surface area (Å²) >= 11 is 0. The second kappa shape index (κ2) is 5.95. The zero-order chi connectivity index (χ0) is 14.7. The number of hydrogen-bond acceptors (Lipinski definition) is 4. The van der Waals surface area contributed by atoms with Gasteiger partial charge in [-0.1, -0.05) is 18.2 Å². The van der Waals surface area contributed by atoms with Crippen molar-refractivity contribution in [2.75, 3.05) is 13.7 Å². The normalized spacial score (nSPS) is 16.7. The number of fused-ring (bicyclic) bond motifs is 1. The predicted octanol–water partition coefficient (Wildman–Crippen LogP) is 3.23. The van der Waals surface area contributed by atoms with Crippen LogP contribution in [0.15, 0.2) is 42.6 Å². The van der Waals surface area contributed by atoms with Gasteiger partial charge in [0.05, 0.1) is 19.3 Å². The van der Waals surface area contributed by atoms with E-state index in [0.29, 0.717) is 24.5 Å². The highest BCUT2D eigenvalue weighted by atomic mass is 16.5. The molecule has 1 aromatic carbocycles. The fourth-order valence-electron chi connectivity index (χ4n) is 2.73. The molecule has 2 aromatic rings. The van der Waals surface area contributed by atoms with E-state index >= 15 is 0 Å². The Bertz CT molecular complexity index is 654. The monoisotopic (exact) mass is 283 g/mol. The number of ketones is 1. The molecule has 0 amide bonds. The molecule has 2 heterocycles. The molecule has 4 nitrogen and oxygen atoms in total. The lowest BCUT2D eigenvalue weighted by atomic mass is 9.87. The highest BCUT2D eigenvalue weighted by molar-refractivity contribution is 5.98. The predicted molar refractivity (Wildman–Crippen MR) is 79.0 cm³/mol. The zero-order valence-electron chi connectivity index (χ0n) is 11.9. The van der Waals surface area contributed by atoms with Gasteiger partial charge < -0.3 is 9.47 Å². The molecule has 0 aliphatic carbocycles. The van der Waals surface area contributed by atoms with Crippen LogP contribution in [0.4, 0.5) is 0 Å². The maximum atomic E-state index is 12.5. The quantitative estimate of drug-likeness (QED) is 0.808. The van der Waals surface area contributed by atoms with Crippen molar-refractivity contribution in [2.24, 2.45) is 0 Å². The molecule has 1 aromatic heterocycles. The van der Waals surface area contributed by atoms with Gasteiger partial charge in [-0.3, -0.25) is 4.79 Å². The van der Waals surface area contributed by atoms with Gasteiger partial charge in [0.25, 0.3) is 0 Å². The minimum absolute atomic E-state index is 0.0571. The first-order chi connectivity index (χ1) is 10.3. The van der Waals surface area contributed by atoms with Gasteiger partial charge in [0.1, 0.15) is 5.75 Å². The molecule has 0 saturated carbocycles. The molecule has 4 heteroatoms. The van der Waals surface area contributed by atoms with Gasteiger partial charge in [0.15, 0.2) is 5.78 Å². The summed E-state index contributed by atoms with van der Waals surface area (Å²) in [6.45, 7) is 0.652. The van der Waals surface area contributed by atoms with Crippen molar-refractivity contribution in [3.8, 4) is 11.6 Å². The highest BCUT2D eigenvalue weighted by Gasteiger charge is 2.25. The lowest BCUT2D eigenvalue weighted by Crippen LogP contribution is -2.17. The van der Waals surface area contributed by atoms with E-state index in [4.69, 9.17) is 9.47 Å². The fourth-order valence-corrected chi connectivity index (χ4v) is 2.73. The summed E-state index contributed by atoms with van der Waals surface area (Å²) < 4.78 is 10.8. The Kier molecular flexibility index (Phi) is 3.86. The Morgan fingerprint density at radius 1 is 1.33 bits per heavy atom. The first kappa shape index (κ1) is 13.6. The van der Waals surface area contributed by atoms with Crippen LogP contribution in [0, 0.1) is 0 Å². The highest BCUT2D eigenvalue weighted by Crippen LogP contribution is 2.36. The maximum Gasteiger partial charge on any atom is 0.224 e. The third kappa shape index (κ3) is 2.75. The van der Waals surface area contributed by atoms with Crippen LogP contribution in [0.25, 0.3) is 0 Å². The van der Waals surface area contributed by atoms with Gasteiger partial charge in [-0.25, -0.2) is 4.98 Å². The first-order valence-electron chi connectivity index (χ1n) is 7.03. The van der Waals surface area contributed by atoms with Gasteiger partial charge in [0, 0.05) is 12.6 Å². The molecule has 0 bridgehead atoms. The fraction of sp³-hybridized carbons (Fsp3) is 0.294. The zero-order valence-corrected chi connectivity index (χ0v) is 11.9. The average molecular weight is 283 g/mol. The number of methoxy groups -OCH3 is 1. The number of pyridine rings is 1. The molecule has 0 saturated heterocycles. The number of benzene rings is 1. The van der Waals surface area contributed by atoms with Crippen LogP contribution in [-0.4, -0.2) is 24.5 Å². The second-order valence-corrected chi connectivity index (χ2v) is 5.06. The summed E-state index contributed by atoms with van der Waals surface area (Å²) in [6, 6.07) is 11.4. The van der Waals surface area contributed by atoms with Crippen LogP contribution < -0.4 is 9.47 Å². The van der Waals surface area contributed by atoms with Crippen LogP contribution in [0.1, 0.15) is 34.7 Å². The molecule has 3 rings (SSSR count). The van der Waals surface area contributed by atoms with E-state index in [0.717, 1.165) is 17.7 Å². The summed E-state index contributed by atoms with van der Waals surface area (Å²) in [6.07, 6.45) is 2.92. The summed E-state index contributed by atoms with van der Waals surface area (Å²) in [5.74, 6) is 1.52. The van der Waals surface area contributed by atoms with Crippen molar-refractivity contribution in [1.29, 1.82) is 0 Å². The number of rotatable bonds is 4. The van der Waals surface area contributed by atoms with Crippen LogP contribution >= 0.6 is 0 Å². The number of carbonyl (C=O) groups is 1. The molecular formula is C17H17NO3. The molecule has 108 valence electrons. The van der Waals surface area contributed by atoms with Crippen molar-refractivity contribution < 1.29 is 14.3 Å². The minimum Gasteiger partial charge on any atom is -0.493 e. The molecule has 0 radical (unpaired) electrons. The Balaban J connectivity index is 1.83. The van der Waals surface area contributed by atoms with Crippen molar-refractivity contribution in [3.63, 3.8) is 0 Å². The Morgan fingerprint density at radius 2 is 2.19 bits per heavy atom. The van der Waals surface area contributed by atoms with Crippen LogP contribution in [-0.2, 0) is 0 Å². The third-order valence-corrected chi connectivity index (χ3v) is 3.78. The number of carbonyl (C=O) groups excluding carboxylic acids is 1. The average Bonchev–Trinajstić information content (AvgIpc) is 2.55. The number of aromatic nitrogens is 1. The van der Waals surface area contributed by atoms with Crippen molar-refractivity contribution in [3.05, 3.63) is 53.7 Å².